The topological polar surface area (TPSA) is 13.0 Å². The van der Waals surface area contributed by atoms with Crippen molar-refractivity contribution in [2.45, 2.75) is 302 Å². The summed E-state index contributed by atoms with van der Waals surface area (Å²) in [7, 11) is 9.02. The number of unbranched alkanes of at least 4 members (excludes halogenated alkanes) is 15. The van der Waals surface area contributed by atoms with E-state index in [1.54, 1.807) is 0 Å². The molecule has 0 amide bonds. The highest BCUT2D eigenvalue weighted by atomic mass is 15.1. The van der Waals surface area contributed by atoms with Gasteiger partial charge >= 0.3 is 0 Å². The van der Waals surface area contributed by atoms with E-state index >= 15 is 0 Å². The minimum Gasteiger partial charge on any atom is -0.306 e. The molecular formula is C56H154N4. The van der Waals surface area contributed by atoms with Crippen molar-refractivity contribution < 1.29 is 0 Å². The Kier molecular flexibility index (Phi) is 233. The van der Waals surface area contributed by atoms with Crippen molar-refractivity contribution in [1.29, 1.82) is 0 Å². The molecule has 0 aliphatic heterocycles. The van der Waals surface area contributed by atoms with E-state index in [1.165, 1.54) is 194 Å². The van der Waals surface area contributed by atoms with E-state index in [1.807, 2.05) is 0 Å². The van der Waals surface area contributed by atoms with E-state index in [0.717, 1.165) is 0 Å². The molecule has 0 radical (unpaired) electrons. The average Bonchev–Trinajstić information content (AvgIpc) is 3.01. The molecule has 4 nitrogen and oxygen atoms in total. The first-order valence-corrected chi connectivity index (χ1v) is 20.1. The Morgan fingerprint density at radius 1 is 0.167 bits per heavy atom. The molecule has 0 unspecified atom stereocenters. The maximum Gasteiger partial charge on any atom is -0.00218 e. The molecular weight excluding hydrogens is 729 g/mol. The van der Waals surface area contributed by atoms with Gasteiger partial charge in [-0.25, -0.2) is 0 Å². The maximum atomic E-state index is 2.51. The van der Waals surface area contributed by atoms with Gasteiger partial charge in [-0.2, -0.15) is 0 Å². The molecule has 0 rings (SSSR count). The van der Waals surface area contributed by atoms with E-state index in [-0.39, 0.29) is 119 Å². The zero-order chi connectivity index (χ0) is 33.5. The smallest absolute Gasteiger partial charge is 0.00218 e. The summed E-state index contributed by atoms with van der Waals surface area (Å²) in [6.07, 6.45) is 30.2. The first-order chi connectivity index (χ1) is 21.3. The summed E-state index contributed by atoms with van der Waals surface area (Å²) in [5.41, 5.74) is 0. The number of nitrogens with zero attached hydrogens (tertiary/aromatic N) is 4. The lowest BCUT2D eigenvalue weighted by Crippen LogP contribution is -2.21. The molecule has 0 bridgehead atoms. The third kappa shape index (κ3) is 124. The molecule has 0 atom stereocenters. The van der Waals surface area contributed by atoms with Crippen LogP contribution in [0.3, 0.4) is 0 Å². The van der Waals surface area contributed by atoms with Gasteiger partial charge in [-0.1, -0.05) is 250 Å². The van der Waals surface area contributed by atoms with Crippen molar-refractivity contribution in [3.63, 3.8) is 0 Å². The Bertz CT molecular complexity index is 434. The quantitative estimate of drug-likeness (QED) is 0.0643. The van der Waals surface area contributed by atoms with E-state index in [4.69, 9.17) is 0 Å². The van der Waals surface area contributed by atoms with Gasteiger partial charge in [0.25, 0.3) is 0 Å². The average molecular weight is 884 g/mol. The first-order valence-electron chi connectivity index (χ1n) is 20.1. The SMILES string of the molecule is C.C.C.C.C.C.C.C.C.C.C.C.C.C.C.C.CCCCCN(C)CCCCC.CCCCCN(C)CCCCCCCCN(C)CCCCC.CCCCN(C)CCCC. The highest BCUT2D eigenvalue weighted by Crippen LogP contribution is 2.08. The normalized spacial score (nSPS) is 8.30. The second kappa shape index (κ2) is 112. The zero-order valence-corrected chi connectivity index (χ0v) is 33.0. The van der Waals surface area contributed by atoms with Gasteiger partial charge in [-0.05, 0) is 132 Å². The molecule has 398 valence electrons. The molecule has 0 aliphatic carbocycles. The van der Waals surface area contributed by atoms with Crippen molar-refractivity contribution in [3.8, 4) is 0 Å². The summed E-state index contributed by atoms with van der Waals surface area (Å²) >= 11 is 0. The van der Waals surface area contributed by atoms with Crippen molar-refractivity contribution in [3.05, 3.63) is 0 Å². The maximum absolute atomic E-state index is 2.51. The fourth-order valence-corrected chi connectivity index (χ4v) is 5.30. The Balaban J connectivity index is -0.0000000232. The molecule has 0 spiro atoms. The summed E-state index contributed by atoms with van der Waals surface area (Å²) in [5.74, 6) is 0. The molecule has 0 aromatic carbocycles. The van der Waals surface area contributed by atoms with Crippen LogP contribution in [-0.2, 0) is 0 Å². The fourth-order valence-electron chi connectivity index (χ4n) is 5.30. The molecule has 0 saturated heterocycles. The van der Waals surface area contributed by atoms with Gasteiger partial charge in [0, 0.05) is 0 Å². The summed E-state index contributed by atoms with van der Waals surface area (Å²) in [4.78, 5) is 9.92. The molecule has 60 heavy (non-hydrogen) atoms. The van der Waals surface area contributed by atoms with E-state index < -0.39 is 0 Å². The van der Waals surface area contributed by atoms with Crippen molar-refractivity contribution in [2.24, 2.45) is 0 Å². The fraction of sp³-hybridized carbons (Fsp3) is 1.00. The van der Waals surface area contributed by atoms with Gasteiger partial charge in [0.1, 0.15) is 0 Å². The lowest BCUT2D eigenvalue weighted by Gasteiger charge is -2.16. The van der Waals surface area contributed by atoms with Gasteiger partial charge in [0.15, 0.2) is 0 Å². The van der Waals surface area contributed by atoms with Gasteiger partial charge in [0.2, 0.25) is 0 Å². The predicted molar refractivity (Wildman–Crippen MR) is 313 cm³/mol. The van der Waals surface area contributed by atoms with E-state index in [0.29, 0.717) is 0 Å². The Morgan fingerprint density at radius 3 is 0.433 bits per heavy atom. The summed E-state index contributed by atoms with van der Waals surface area (Å²) in [5, 5.41) is 0. The van der Waals surface area contributed by atoms with Gasteiger partial charge in [0.05, 0.1) is 0 Å². The number of hydrogen-bond acceptors (Lipinski definition) is 4. The Labute approximate surface area is 400 Å². The Hall–Kier alpha value is -0.160. The number of hydrogen-bond donors (Lipinski definition) is 0. The van der Waals surface area contributed by atoms with Crippen LogP contribution in [0, 0.1) is 0 Å². The first kappa shape index (κ1) is 124. The van der Waals surface area contributed by atoms with Crippen LogP contribution >= 0.6 is 0 Å². The molecule has 4 heteroatoms. The van der Waals surface area contributed by atoms with Crippen LogP contribution in [0.2, 0.25) is 0 Å². The largest absolute Gasteiger partial charge is 0.306 e. The van der Waals surface area contributed by atoms with Crippen molar-refractivity contribution in [2.75, 3.05) is 80.5 Å². The molecule has 0 aromatic rings. The van der Waals surface area contributed by atoms with E-state index in [2.05, 4.69) is 89.3 Å². The third-order valence-electron chi connectivity index (χ3n) is 8.69. The molecule has 0 aromatic heterocycles. The van der Waals surface area contributed by atoms with Crippen molar-refractivity contribution >= 4 is 0 Å². The highest BCUT2D eigenvalue weighted by Gasteiger charge is 2.00. The minimum absolute atomic E-state index is 0. The zero-order valence-electron chi connectivity index (χ0n) is 33.0. The van der Waals surface area contributed by atoms with Crippen LogP contribution in [0.15, 0.2) is 0 Å². The standard InChI is InChI=1S/C20H44N2.C11H25N.C9H21N.16CH4/c1-5-7-13-17-21(3)19-15-11-9-10-12-16-20-22(4)18-14-8-6-2;1-4-6-8-10-12(3)11-9-7-5-2;1-4-6-8-10(3)9-7-5-2;;;;;;;;;;;;;;;;/h5-20H2,1-4H3;4-11H2,1-3H3;4-9H2,1-3H3;16*1H4. The summed E-state index contributed by atoms with van der Waals surface area (Å²) in [6, 6.07) is 0. The van der Waals surface area contributed by atoms with E-state index in [9.17, 15) is 0 Å². The van der Waals surface area contributed by atoms with Crippen LogP contribution in [0.4, 0.5) is 0 Å². The highest BCUT2D eigenvalue weighted by molar-refractivity contribution is 4.56. The molecule has 0 N–H and O–H groups in total. The minimum atomic E-state index is 0. The molecule has 0 heterocycles. The van der Waals surface area contributed by atoms with Gasteiger partial charge in [-0.15, -0.1) is 0 Å². The molecule has 0 fully saturated rings. The summed E-state index contributed by atoms with van der Waals surface area (Å²) < 4.78 is 0. The lowest BCUT2D eigenvalue weighted by atomic mass is 10.1. The second-order valence-corrected chi connectivity index (χ2v) is 13.9. The number of rotatable bonds is 31. The monoisotopic (exact) mass is 883 g/mol. The Morgan fingerprint density at radius 2 is 0.283 bits per heavy atom. The molecule has 0 aliphatic rings. The van der Waals surface area contributed by atoms with Crippen LogP contribution < -0.4 is 0 Å². The van der Waals surface area contributed by atoms with Gasteiger partial charge < -0.3 is 19.6 Å². The van der Waals surface area contributed by atoms with Crippen LogP contribution in [0.1, 0.15) is 302 Å². The summed E-state index contributed by atoms with van der Waals surface area (Å²) in [6.45, 7) is 23.9. The van der Waals surface area contributed by atoms with Crippen LogP contribution in [-0.4, -0.2) is 100 Å². The third-order valence-corrected chi connectivity index (χ3v) is 8.69. The van der Waals surface area contributed by atoms with Crippen LogP contribution in [0.25, 0.3) is 0 Å². The van der Waals surface area contributed by atoms with Crippen molar-refractivity contribution in [1.82, 2.24) is 19.6 Å². The van der Waals surface area contributed by atoms with Crippen LogP contribution in [0.5, 0.6) is 0 Å². The second-order valence-electron chi connectivity index (χ2n) is 13.9. The molecule has 0 saturated carbocycles. The lowest BCUT2D eigenvalue weighted by molar-refractivity contribution is 0.310. The predicted octanol–water partition coefficient (Wildman–Crippen LogP) is 21.6. The van der Waals surface area contributed by atoms with Gasteiger partial charge in [-0.3, -0.25) is 0 Å².